The minimum atomic E-state index is -4.89. The Kier molecular flexibility index (Phi) is 8.04. The third-order valence-corrected chi connectivity index (χ3v) is 4.39. The Morgan fingerprint density at radius 1 is 1.33 bits per heavy atom. The second-order valence-electron chi connectivity index (χ2n) is 4.81. The first-order chi connectivity index (χ1) is 11.1. The van der Waals surface area contributed by atoms with Gasteiger partial charge >= 0.3 is 10.4 Å². The molecule has 1 aliphatic rings. The lowest BCUT2D eigenvalue weighted by molar-refractivity contribution is -0.205. The Labute approximate surface area is 142 Å². The van der Waals surface area contributed by atoms with Gasteiger partial charge in [0.1, 0.15) is 34.9 Å². The number of aliphatic hydroxyl groups is 5. The third kappa shape index (κ3) is 6.27. The zero-order valence-electron chi connectivity index (χ0n) is 12.2. The zero-order valence-corrected chi connectivity index (χ0v) is 13.9. The van der Waals surface area contributed by atoms with Crippen LogP contribution in [0.4, 0.5) is 0 Å². The van der Waals surface area contributed by atoms with Crippen molar-refractivity contribution in [2.45, 2.75) is 42.4 Å². The Bertz CT molecular complexity index is 551. The standard InChI is InChI=1S/C11H19NO10S2/c1-2-5(14)3-7(12-22-24(18,19)20)23-11-10(17)9(16)8(15)6(4-13)21-11/h2,5-6,8-11,13-17H,1,3-4H2,(H,18,19,20)/b12-7-/t5-,6?,8+,9?,10-,11-/m0/s1. The van der Waals surface area contributed by atoms with Crippen LogP contribution in [0.3, 0.4) is 0 Å². The molecular formula is C11H19NO10S2. The molecule has 1 saturated heterocycles. The van der Waals surface area contributed by atoms with Gasteiger partial charge in [-0.2, -0.15) is 8.42 Å². The summed E-state index contributed by atoms with van der Waals surface area (Å²) in [4.78, 5) is 0. The molecule has 6 N–H and O–H groups in total. The molecule has 0 aromatic rings. The monoisotopic (exact) mass is 389 g/mol. The normalized spacial score (nSPS) is 33.1. The van der Waals surface area contributed by atoms with Crippen LogP contribution in [0, 0.1) is 0 Å². The molecule has 6 atom stereocenters. The van der Waals surface area contributed by atoms with Crippen molar-refractivity contribution < 1.29 is 47.5 Å². The molecule has 0 bridgehead atoms. The van der Waals surface area contributed by atoms with Crippen molar-refractivity contribution in [3.63, 3.8) is 0 Å². The molecule has 0 saturated carbocycles. The molecule has 0 aromatic carbocycles. The average molecular weight is 389 g/mol. The highest BCUT2D eigenvalue weighted by Gasteiger charge is 2.44. The molecule has 1 heterocycles. The van der Waals surface area contributed by atoms with E-state index in [1.165, 1.54) is 0 Å². The van der Waals surface area contributed by atoms with Crippen molar-refractivity contribution in [2.24, 2.45) is 5.16 Å². The van der Waals surface area contributed by atoms with E-state index in [-0.39, 0.29) is 11.5 Å². The predicted molar refractivity (Wildman–Crippen MR) is 82.2 cm³/mol. The summed E-state index contributed by atoms with van der Waals surface area (Å²) < 4.78 is 38.8. The molecular weight excluding hydrogens is 370 g/mol. The van der Waals surface area contributed by atoms with E-state index in [2.05, 4.69) is 16.0 Å². The maximum atomic E-state index is 10.6. The van der Waals surface area contributed by atoms with Gasteiger partial charge in [0.2, 0.25) is 0 Å². The summed E-state index contributed by atoms with van der Waals surface area (Å²) in [5, 5.41) is 50.8. The number of rotatable bonds is 7. The zero-order chi connectivity index (χ0) is 18.5. The minimum absolute atomic E-state index is 0.218. The quantitative estimate of drug-likeness (QED) is 0.0895. The van der Waals surface area contributed by atoms with Gasteiger partial charge in [-0.25, -0.2) is 4.28 Å². The highest BCUT2D eigenvalue weighted by molar-refractivity contribution is 8.14. The summed E-state index contributed by atoms with van der Waals surface area (Å²) in [5.74, 6) is 0. The number of thioether (sulfide) groups is 1. The molecule has 13 heteroatoms. The van der Waals surface area contributed by atoms with Crippen molar-refractivity contribution in [3.05, 3.63) is 12.7 Å². The van der Waals surface area contributed by atoms with E-state index in [0.717, 1.165) is 6.08 Å². The van der Waals surface area contributed by atoms with E-state index in [9.17, 15) is 28.8 Å². The summed E-state index contributed by atoms with van der Waals surface area (Å²) in [5.41, 5.74) is -1.26. The van der Waals surface area contributed by atoms with E-state index >= 15 is 0 Å². The molecule has 2 unspecified atom stereocenters. The van der Waals surface area contributed by atoms with Crippen LogP contribution in [0.5, 0.6) is 0 Å². The summed E-state index contributed by atoms with van der Waals surface area (Å²) in [6.45, 7) is 2.67. The van der Waals surface area contributed by atoms with Crippen LogP contribution in [-0.4, -0.2) is 86.1 Å². The number of aliphatic hydroxyl groups excluding tert-OH is 5. The summed E-state index contributed by atoms with van der Waals surface area (Å²) in [6.07, 6.45) is -6.29. The molecule has 1 aliphatic heterocycles. The SMILES string of the molecule is C=C[C@H](O)C/C(=N/OS(=O)(=O)O)S[C@@H]1OC(CO)[C@@H](O)C(O)[C@@H]1O. The largest absolute Gasteiger partial charge is 0.466 e. The minimum Gasteiger partial charge on any atom is -0.394 e. The van der Waals surface area contributed by atoms with Crippen molar-refractivity contribution in [1.29, 1.82) is 0 Å². The highest BCUT2D eigenvalue weighted by atomic mass is 32.3. The van der Waals surface area contributed by atoms with E-state index < -0.39 is 53.0 Å². The molecule has 0 aromatic heterocycles. The van der Waals surface area contributed by atoms with Gasteiger partial charge in [-0.05, 0) is 0 Å². The van der Waals surface area contributed by atoms with Gasteiger partial charge in [0.05, 0.1) is 12.7 Å². The number of hydrogen-bond donors (Lipinski definition) is 6. The maximum Gasteiger partial charge on any atom is 0.466 e. The smallest absolute Gasteiger partial charge is 0.394 e. The van der Waals surface area contributed by atoms with E-state index in [1.54, 1.807) is 0 Å². The molecule has 0 amide bonds. The molecule has 0 spiro atoms. The number of ether oxygens (including phenoxy) is 1. The molecule has 0 radical (unpaired) electrons. The van der Waals surface area contributed by atoms with Gasteiger partial charge in [-0.3, -0.25) is 4.55 Å². The first kappa shape index (κ1) is 21.3. The van der Waals surface area contributed by atoms with Gasteiger partial charge < -0.3 is 30.3 Å². The third-order valence-electron chi connectivity index (χ3n) is 2.99. The van der Waals surface area contributed by atoms with E-state index in [1.807, 2.05) is 0 Å². The van der Waals surface area contributed by atoms with Gasteiger partial charge in [0, 0.05) is 6.42 Å². The Morgan fingerprint density at radius 3 is 2.46 bits per heavy atom. The lowest BCUT2D eigenvalue weighted by atomic mass is 10.0. The number of nitrogens with zero attached hydrogens (tertiary/aromatic N) is 1. The van der Waals surface area contributed by atoms with Crippen LogP contribution >= 0.6 is 11.8 Å². The molecule has 11 nitrogen and oxygen atoms in total. The van der Waals surface area contributed by atoms with Gasteiger partial charge in [0.15, 0.2) is 0 Å². The first-order valence-corrected chi connectivity index (χ1v) is 8.84. The fourth-order valence-corrected chi connectivity index (χ4v) is 3.10. The topological polar surface area (TPSA) is 186 Å². The maximum absolute atomic E-state index is 10.6. The Morgan fingerprint density at radius 2 is 1.96 bits per heavy atom. The average Bonchev–Trinajstić information content (AvgIpc) is 2.52. The fourth-order valence-electron chi connectivity index (χ4n) is 1.76. The van der Waals surface area contributed by atoms with E-state index in [4.69, 9.17) is 14.4 Å². The van der Waals surface area contributed by atoms with Gasteiger partial charge in [0.25, 0.3) is 0 Å². The summed E-state index contributed by atoms with van der Waals surface area (Å²) in [6, 6.07) is 0. The lowest BCUT2D eigenvalue weighted by Crippen LogP contribution is -2.57. The van der Waals surface area contributed by atoms with Crippen LogP contribution in [0.1, 0.15) is 6.42 Å². The lowest BCUT2D eigenvalue weighted by Gasteiger charge is -2.39. The molecule has 0 aliphatic carbocycles. The van der Waals surface area contributed by atoms with Crippen LogP contribution in [-0.2, 0) is 19.4 Å². The van der Waals surface area contributed by atoms with Gasteiger partial charge in [-0.15, -0.1) is 6.58 Å². The molecule has 1 fully saturated rings. The summed E-state index contributed by atoms with van der Waals surface area (Å²) >= 11 is 0.570. The van der Waals surface area contributed by atoms with Crippen LogP contribution in [0.2, 0.25) is 0 Å². The van der Waals surface area contributed by atoms with Crippen molar-refractivity contribution in [2.75, 3.05) is 6.61 Å². The first-order valence-electron chi connectivity index (χ1n) is 6.59. The fraction of sp³-hybridized carbons (Fsp3) is 0.727. The van der Waals surface area contributed by atoms with Crippen LogP contribution < -0.4 is 0 Å². The van der Waals surface area contributed by atoms with Crippen molar-refractivity contribution in [3.8, 4) is 0 Å². The summed E-state index contributed by atoms with van der Waals surface area (Å²) in [7, 11) is -4.89. The van der Waals surface area contributed by atoms with E-state index in [0.29, 0.717) is 11.8 Å². The predicted octanol–water partition coefficient (Wildman–Crippen LogP) is -2.41. The van der Waals surface area contributed by atoms with Crippen molar-refractivity contribution >= 4 is 27.2 Å². The molecule has 24 heavy (non-hydrogen) atoms. The Balaban J connectivity index is 2.92. The number of hydrogen-bond acceptors (Lipinski definition) is 11. The molecule has 1 rings (SSSR count). The van der Waals surface area contributed by atoms with Gasteiger partial charge in [-0.1, -0.05) is 23.0 Å². The highest BCUT2D eigenvalue weighted by Crippen LogP contribution is 2.30. The number of oxime groups is 1. The Hall–Kier alpha value is -0.770. The van der Waals surface area contributed by atoms with Crippen LogP contribution in [0.15, 0.2) is 17.8 Å². The van der Waals surface area contributed by atoms with Crippen molar-refractivity contribution in [1.82, 2.24) is 0 Å². The van der Waals surface area contributed by atoms with Crippen LogP contribution in [0.25, 0.3) is 0 Å². The second-order valence-corrected chi connectivity index (χ2v) is 6.99. The molecule has 140 valence electrons. The second kappa shape index (κ2) is 9.07.